The predicted molar refractivity (Wildman–Crippen MR) is 57.2 cm³/mol. The Morgan fingerprint density at radius 3 is 2.57 bits per heavy atom. The fourth-order valence-corrected chi connectivity index (χ4v) is 2.62. The van der Waals surface area contributed by atoms with Crippen LogP contribution in [0.15, 0.2) is 0 Å². The molecule has 82 valence electrons. The highest BCUT2D eigenvalue weighted by Gasteiger charge is 2.26. The molecule has 1 N–H and O–H groups in total. The van der Waals surface area contributed by atoms with Crippen LogP contribution in [0.2, 0.25) is 0 Å². The summed E-state index contributed by atoms with van der Waals surface area (Å²) in [4.78, 5) is 10.7. The Balaban J connectivity index is 2.37. The lowest BCUT2D eigenvalue weighted by molar-refractivity contribution is -0.138. The van der Waals surface area contributed by atoms with Gasteiger partial charge in [0.25, 0.3) is 0 Å². The number of carboxylic acid groups (broad SMARTS) is 1. The van der Waals surface area contributed by atoms with Gasteiger partial charge in [-0.2, -0.15) is 0 Å². The second kappa shape index (κ2) is 6.05. The molecule has 0 aromatic carbocycles. The largest absolute Gasteiger partial charge is 0.481 e. The first kappa shape index (κ1) is 11.5. The lowest BCUT2D eigenvalue weighted by Crippen LogP contribution is -2.16. The molecular formula is C12H22O2. The van der Waals surface area contributed by atoms with E-state index in [0.29, 0.717) is 18.3 Å². The van der Waals surface area contributed by atoms with E-state index in [0.717, 1.165) is 6.42 Å². The van der Waals surface area contributed by atoms with Crippen LogP contribution in [0.1, 0.15) is 58.3 Å². The maximum atomic E-state index is 10.7. The van der Waals surface area contributed by atoms with Crippen molar-refractivity contribution < 1.29 is 9.90 Å². The van der Waals surface area contributed by atoms with Crippen LogP contribution < -0.4 is 0 Å². The summed E-state index contributed by atoms with van der Waals surface area (Å²) in [6, 6.07) is 0. The number of rotatable bonds is 6. The molecule has 1 saturated carbocycles. The van der Waals surface area contributed by atoms with E-state index < -0.39 is 5.97 Å². The van der Waals surface area contributed by atoms with Gasteiger partial charge in [-0.1, -0.05) is 45.4 Å². The van der Waals surface area contributed by atoms with Crippen molar-refractivity contribution in [2.24, 2.45) is 11.8 Å². The van der Waals surface area contributed by atoms with Gasteiger partial charge in [0, 0.05) is 6.42 Å². The van der Waals surface area contributed by atoms with E-state index in [1.807, 2.05) is 0 Å². The van der Waals surface area contributed by atoms with Crippen LogP contribution in [0.5, 0.6) is 0 Å². The first-order chi connectivity index (χ1) is 6.74. The standard InChI is InChI=1S/C12H22O2/c1-2-3-6-11(9-12(13)14)10-7-4-5-8-10/h10-11H,2-9H2,1H3,(H,13,14). The molecule has 1 rings (SSSR count). The highest BCUT2D eigenvalue weighted by atomic mass is 16.4. The van der Waals surface area contributed by atoms with Gasteiger partial charge in [-0.05, 0) is 18.3 Å². The normalized spacial score (nSPS) is 19.8. The van der Waals surface area contributed by atoms with Crippen LogP contribution >= 0.6 is 0 Å². The summed E-state index contributed by atoms with van der Waals surface area (Å²) in [5, 5.41) is 8.84. The average Bonchev–Trinajstić information content (AvgIpc) is 2.64. The number of carboxylic acids is 1. The van der Waals surface area contributed by atoms with Crippen molar-refractivity contribution in [3.8, 4) is 0 Å². The van der Waals surface area contributed by atoms with Crippen LogP contribution in [0.3, 0.4) is 0 Å². The number of unbranched alkanes of at least 4 members (excludes halogenated alkanes) is 1. The average molecular weight is 198 g/mol. The molecule has 0 bridgehead atoms. The monoisotopic (exact) mass is 198 g/mol. The van der Waals surface area contributed by atoms with E-state index in [1.54, 1.807) is 0 Å². The van der Waals surface area contributed by atoms with E-state index in [9.17, 15) is 4.79 Å². The Morgan fingerprint density at radius 1 is 1.43 bits per heavy atom. The highest BCUT2D eigenvalue weighted by molar-refractivity contribution is 5.67. The molecule has 2 nitrogen and oxygen atoms in total. The highest BCUT2D eigenvalue weighted by Crippen LogP contribution is 2.35. The van der Waals surface area contributed by atoms with Crippen molar-refractivity contribution in [2.75, 3.05) is 0 Å². The van der Waals surface area contributed by atoms with Gasteiger partial charge < -0.3 is 5.11 Å². The maximum absolute atomic E-state index is 10.7. The van der Waals surface area contributed by atoms with Crippen molar-refractivity contribution >= 4 is 5.97 Å². The summed E-state index contributed by atoms with van der Waals surface area (Å²) in [6.45, 7) is 2.17. The third-order valence-electron chi connectivity index (χ3n) is 3.43. The van der Waals surface area contributed by atoms with Crippen molar-refractivity contribution in [1.29, 1.82) is 0 Å². The summed E-state index contributed by atoms with van der Waals surface area (Å²) >= 11 is 0. The molecule has 0 saturated heterocycles. The molecule has 0 spiro atoms. The van der Waals surface area contributed by atoms with E-state index in [-0.39, 0.29) is 0 Å². The number of hydrogen-bond donors (Lipinski definition) is 1. The fourth-order valence-electron chi connectivity index (χ4n) is 2.62. The zero-order valence-corrected chi connectivity index (χ0v) is 9.17. The Kier molecular flexibility index (Phi) is 4.99. The molecule has 0 aliphatic heterocycles. The van der Waals surface area contributed by atoms with Gasteiger partial charge in [0.1, 0.15) is 0 Å². The lowest BCUT2D eigenvalue weighted by atomic mass is 9.84. The molecule has 0 aromatic heterocycles. The third-order valence-corrected chi connectivity index (χ3v) is 3.43. The van der Waals surface area contributed by atoms with Crippen LogP contribution in [-0.4, -0.2) is 11.1 Å². The maximum Gasteiger partial charge on any atom is 0.303 e. The number of aliphatic carboxylic acids is 1. The molecule has 1 fully saturated rings. The molecule has 1 aliphatic carbocycles. The van der Waals surface area contributed by atoms with Gasteiger partial charge in [-0.3, -0.25) is 4.79 Å². The summed E-state index contributed by atoms with van der Waals surface area (Å²) in [5.74, 6) is 0.547. The lowest BCUT2D eigenvalue weighted by Gasteiger charge is -2.21. The van der Waals surface area contributed by atoms with Gasteiger partial charge in [0.2, 0.25) is 0 Å². The van der Waals surface area contributed by atoms with E-state index >= 15 is 0 Å². The van der Waals surface area contributed by atoms with Crippen molar-refractivity contribution in [1.82, 2.24) is 0 Å². The molecule has 1 aliphatic rings. The van der Waals surface area contributed by atoms with Gasteiger partial charge in [-0.15, -0.1) is 0 Å². The molecular weight excluding hydrogens is 176 g/mol. The molecule has 0 aromatic rings. The van der Waals surface area contributed by atoms with Crippen LogP contribution in [0.25, 0.3) is 0 Å². The molecule has 0 radical (unpaired) electrons. The van der Waals surface area contributed by atoms with Gasteiger partial charge in [0.05, 0.1) is 0 Å². The van der Waals surface area contributed by atoms with Gasteiger partial charge >= 0.3 is 5.97 Å². The Bertz CT molecular complexity index is 171. The number of carbonyl (C=O) groups is 1. The van der Waals surface area contributed by atoms with E-state index in [1.165, 1.54) is 38.5 Å². The molecule has 2 heteroatoms. The Morgan fingerprint density at radius 2 is 2.07 bits per heavy atom. The van der Waals surface area contributed by atoms with Crippen LogP contribution in [0, 0.1) is 11.8 Å². The van der Waals surface area contributed by atoms with Gasteiger partial charge in [0.15, 0.2) is 0 Å². The summed E-state index contributed by atoms with van der Waals surface area (Å²) in [7, 11) is 0. The first-order valence-corrected chi connectivity index (χ1v) is 5.95. The topological polar surface area (TPSA) is 37.3 Å². The molecule has 0 heterocycles. The Hall–Kier alpha value is -0.530. The Labute approximate surface area is 86.7 Å². The summed E-state index contributed by atoms with van der Waals surface area (Å²) < 4.78 is 0. The van der Waals surface area contributed by atoms with Crippen molar-refractivity contribution in [3.63, 3.8) is 0 Å². The van der Waals surface area contributed by atoms with E-state index in [4.69, 9.17) is 5.11 Å². The minimum absolute atomic E-state index is 0.394. The predicted octanol–water partition coefficient (Wildman–Crippen LogP) is 3.46. The zero-order valence-electron chi connectivity index (χ0n) is 9.17. The second-order valence-corrected chi connectivity index (χ2v) is 4.54. The molecule has 14 heavy (non-hydrogen) atoms. The summed E-state index contributed by atoms with van der Waals surface area (Å²) in [6.07, 6.45) is 9.04. The van der Waals surface area contributed by atoms with Gasteiger partial charge in [-0.25, -0.2) is 0 Å². The molecule has 0 amide bonds. The van der Waals surface area contributed by atoms with Crippen molar-refractivity contribution in [2.45, 2.75) is 58.3 Å². The fraction of sp³-hybridized carbons (Fsp3) is 0.917. The van der Waals surface area contributed by atoms with Crippen molar-refractivity contribution in [3.05, 3.63) is 0 Å². The SMILES string of the molecule is CCCCC(CC(=O)O)C1CCCC1. The summed E-state index contributed by atoms with van der Waals surface area (Å²) in [5.41, 5.74) is 0. The zero-order chi connectivity index (χ0) is 10.4. The minimum atomic E-state index is -0.613. The molecule has 1 unspecified atom stereocenters. The molecule has 1 atom stereocenters. The minimum Gasteiger partial charge on any atom is -0.481 e. The van der Waals surface area contributed by atoms with Crippen LogP contribution in [-0.2, 0) is 4.79 Å². The number of hydrogen-bond acceptors (Lipinski definition) is 1. The first-order valence-electron chi connectivity index (χ1n) is 5.95. The smallest absolute Gasteiger partial charge is 0.303 e. The van der Waals surface area contributed by atoms with E-state index in [2.05, 4.69) is 6.92 Å². The third kappa shape index (κ3) is 3.69. The second-order valence-electron chi connectivity index (χ2n) is 4.54. The van der Waals surface area contributed by atoms with Crippen LogP contribution in [0.4, 0.5) is 0 Å². The quantitative estimate of drug-likeness (QED) is 0.709.